The topological polar surface area (TPSA) is 26.0 Å². The summed E-state index contributed by atoms with van der Waals surface area (Å²) < 4.78 is 12.9. The van der Waals surface area contributed by atoms with Crippen molar-refractivity contribution in [3.8, 4) is 11.8 Å². The van der Waals surface area contributed by atoms with Crippen LogP contribution < -0.4 is 5.73 Å². The third-order valence-electron chi connectivity index (χ3n) is 1.33. The van der Waals surface area contributed by atoms with Crippen LogP contribution in [-0.4, -0.2) is 5.88 Å². The van der Waals surface area contributed by atoms with E-state index in [-0.39, 0.29) is 11.4 Å². The molecule has 0 aliphatic heterocycles. The highest BCUT2D eigenvalue weighted by Gasteiger charge is 2.00. The highest BCUT2D eigenvalue weighted by molar-refractivity contribution is 6.19. The highest BCUT2D eigenvalue weighted by atomic mass is 35.5. The van der Waals surface area contributed by atoms with Gasteiger partial charge < -0.3 is 5.73 Å². The van der Waals surface area contributed by atoms with E-state index in [0.29, 0.717) is 5.69 Å². The van der Waals surface area contributed by atoms with Gasteiger partial charge in [-0.15, -0.1) is 11.6 Å². The first-order valence-corrected chi connectivity index (χ1v) is 3.88. The Hall–Kier alpha value is -1.20. The molecule has 0 amide bonds. The molecule has 12 heavy (non-hydrogen) atoms. The van der Waals surface area contributed by atoms with E-state index >= 15 is 0 Å². The Morgan fingerprint density at radius 2 is 2.25 bits per heavy atom. The van der Waals surface area contributed by atoms with E-state index in [4.69, 9.17) is 17.3 Å². The number of hydrogen-bond donors (Lipinski definition) is 1. The molecule has 1 rings (SSSR count). The van der Waals surface area contributed by atoms with Crippen LogP contribution in [0.5, 0.6) is 0 Å². The van der Waals surface area contributed by atoms with E-state index < -0.39 is 5.82 Å². The van der Waals surface area contributed by atoms with Gasteiger partial charge in [0.1, 0.15) is 5.82 Å². The summed E-state index contributed by atoms with van der Waals surface area (Å²) in [4.78, 5) is 0. The molecular weight excluding hydrogens is 177 g/mol. The second-order valence-corrected chi connectivity index (χ2v) is 2.41. The second-order valence-electron chi connectivity index (χ2n) is 2.14. The molecule has 0 unspecified atom stereocenters. The van der Waals surface area contributed by atoms with Gasteiger partial charge in [-0.1, -0.05) is 17.9 Å². The van der Waals surface area contributed by atoms with Gasteiger partial charge in [0.2, 0.25) is 0 Å². The largest absolute Gasteiger partial charge is 0.398 e. The van der Waals surface area contributed by atoms with Gasteiger partial charge in [0.15, 0.2) is 0 Å². The fourth-order valence-electron chi connectivity index (χ4n) is 0.794. The van der Waals surface area contributed by atoms with E-state index in [1.807, 2.05) is 0 Å². The first-order valence-electron chi connectivity index (χ1n) is 3.34. The molecule has 0 aromatic heterocycles. The lowest BCUT2D eigenvalue weighted by Gasteiger charge is -1.97. The zero-order valence-electron chi connectivity index (χ0n) is 6.27. The zero-order chi connectivity index (χ0) is 8.97. The number of nitrogens with two attached hydrogens (primary N) is 1. The number of hydrogen-bond acceptors (Lipinski definition) is 1. The van der Waals surface area contributed by atoms with Gasteiger partial charge in [0.05, 0.1) is 17.1 Å². The SMILES string of the molecule is Nc1cccc(F)c1C#CCCl. The normalized spacial score (nSPS) is 8.83. The highest BCUT2D eigenvalue weighted by Crippen LogP contribution is 2.13. The number of nitrogen functional groups attached to an aromatic ring is 1. The van der Waals surface area contributed by atoms with Crippen molar-refractivity contribution in [2.75, 3.05) is 11.6 Å². The maximum absolute atomic E-state index is 12.9. The average Bonchev–Trinajstić information content (AvgIpc) is 2.04. The minimum absolute atomic E-state index is 0.174. The molecule has 0 spiro atoms. The molecule has 0 aliphatic rings. The van der Waals surface area contributed by atoms with Crippen LogP contribution in [0.1, 0.15) is 5.56 Å². The van der Waals surface area contributed by atoms with Gasteiger partial charge in [0.25, 0.3) is 0 Å². The number of halogens is 2. The van der Waals surface area contributed by atoms with Gasteiger partial charge in [-0.2, -0.15) is 0 Å². The predicted molar refractivity (Wildman–Crippen MR) is 48.4 cm³/mol. The monoisotopic (exact) mass is 183 g/mol. The lowest BCUT2D eigenvalue weighted by atomic mass is 10.2. The molecule has 1 nitrogen and oxygen atoms in total. The molecule has 0 bridgehead atoms. The molecule has 0 saturated carbocycles. The van der Waals surface area contributed by atoms with E-state index in [2.05, 4.69) is 11.8 Å². The first-order chi connectivity index (χ1) is 5.75. The standard InChI is InChI=1S/C9H7ClFN/c10-6-2-3-7-8(11)4-1-5-9(7)12/h1,4-5H,6,12H2. The first kappa shape index (κ1) is 8.89. The Labute approximate surface area is 75.3 Å². The van der Waals surface area contributed by atoms with E-state index in [1.54, 1.807) is 6.07 Å². The summed E-state index contributed by atoms with van der Waals surface area (Å²) >= 11 is 5.32. The Balaban J connectivity index is 3.13. The molecule has 3 heteroatoms. The lowest BCUT2D eigenvalue weighted by molar-refractivity contribution is 0.625. The van der Waals surface area contributed by atoms with Crippen molar-refractivity contribution in [3.63, 3.8) is 0 Å². The molecule has 0 atom stereocenters. The Kier molecular flexibility index (Phi) is 2.95. The fraction of sp³-hybridized carbons (Fsp3) is 0.111. The Bertz CT molecular complexity index is 318. The van der Waals surface area contributed by atoms with Gasteiger partial charge in [-0.3, -0.25) is 0 Å². The summed E-state index contributed by atoms with van der Waals surface area (Å²) in [5.74, 6) is 4.86. The van der Waals surface area contributed by atoms with Crippen molar-refractivity contribution >= 4 is 17.3 Å². The van der Waals surface area contributed by atoms with Crippen LogP contribution in [0.2, 0.25) is 0 Å². The summed E-state index contributed by atoms with van der Waals surface area (Å²) in [7, 11) is 0. The van der Waals surface area contributed by atoms with Crippen LogP contribution in [0.15, 0.2) is 18.2 Å². The summed E-state index contributed by atoms with van der Waals surface area (Å²) in [6.07, 6.45) is 0. The molecule has 1 aromatic carbocycles. The third kappa shape index (κ3) is 1.90. The van der Waals surface area contributed by atoms with Gasteiger partial charge in [-0.05, 0) is 12.1 Å². The van der Waals surface area contributed by atoms with Crippen LogP contribution in [0, 0.1) is 17.7 Å². The second kappa shape index (κ2) is 3.99. The smallest absolute Gasteiger partial charge is 0.140 e. The number of benzene rings is 1. The third-order valence-corrected chi connectivity index (χ3v) is 1.46. The maximum Gasteiger partial charge on any atom is 0.140 e. The van der Waals surface area contributed by atoms with E-state index in [0.717, 1.165) is 0 Å². The maximum atomic E-state index is 12.9. The number of rotatable bonds is 0. The van der Waals surface area contributed by atoms with E-state index in [1.165, 1.54) is 12.1 Å². The van der Waals surface area contributed by atoms with Gasteiger partial charge in [-0.25, -0.2) is 4.39 Å². The molecule has 2 N–H and O–H groups in total. The van der Waals surface area contributed by atoms with Crippen molar-refractivity contribution in [1.82, 2.24) is 0 Å². The molecule has 0 radical (unpaired) electrons. The van der Waals surface area contributed by atoms with Crippen molar-refractivity contribution in [3.05, 3.63) is 29.6 Å². The Morgan fingerprint density at radius 1 is 1.50 bits per heavy atom. The molecule has 0 saturated heterocycles. The van der Waals surface area contributed by atoms with Crippen LogP contribution in [0.3, 0.4) is 0 Å². The fourth-order valence-corrected chi connectivity index (χ4v) is 0.861. The van der Waals surface area contributed by atoms with Crippen molar-refractivity contribution in [1.29, 1.82) is 0 Å². The minimum Gasteiger partial charge on any atom is -0.398 e. The van der Waals surface area contributed by atoms with Crippen molar-refractivity contribution in [2.45, 2.75) is 0 Å². The van der Waals surface area contributed by atoms with Crippen LogP contribution in [-0.2, 0) is 0 Å². The Morgan fingerprint density at radius 3 is 2.83 bits per heavy atom. The molecule has 0 aliphatic carbocycles. The van der Waals surface area contributed by atoms with Crippen LogP contribution in [0.25, 0.3) is 0 Å². The summed E-state index contributed by atoms with van der Waals surface area (Å²) in [6.45, 7) is 0. The van der Waals surface area contributed by atoms with Crippen molar-refractivity contribution in [2.24, 2.45) is 0 Å². The summed E-state index contributed by atoms with van der Waals surface area (Å²) in [5.41, 5.74) is 6.04. The summed E-state index contributed by atoms with van der Waals surface area (Å²) in [6, 6.07) is 4.45. The molecule has 0 fully saturated rings. The van der Waals surface area contributed by atoms with Crippen molar-refractivity contribution < 1.29 is 4.39 Å². The number of alkyl halides is 1. The molecule has 62 valence electrons. The van der Waals surface area contributed by atoms with Crippen LogP contribution in [0.4, 0.5) is 10.1 Å². The molecular formula is C9H7ClFN. The molecule has 1 aromatic rings. The van der Waals surface area contributed by atoms with Gasteiger partial charge in [0, 0.05) is 0 Å². The van der Waals surface area contributed by atoms with E-state index in [9.17, 15) is 4.39 Å². The lowest BCUT2D eigenvalue weighted by Crippen LogP contribution is -1.93. The minimum atomic E-state index is -0.410. The zero-order valence-corrected chi connectivity index (χ0v) is 7.03. The average molecular weight is 184 g/mol. The predicted octanol–water partition coefficient (Wildman–Crippen LogP) is 2.00. The number of anilines is 1. The van der Waals surface area contributed by atoms with Gasteiger partial charge >= 0.3 is 0 Å². The van der Waals surface area contributed by atoms with Crippen LogP contribution >= 0.6 is 11.6 Å². The quantitative estimate of drug-likeness (QED) is 0.372. The summed E-state index contributed by atoms with van der Waals surface area (Å²) in [5, 5.41) is 0. The molecule has 0 heterocycles.